The second-order valence-electron chi connectivity index (χ2n) is 7.56. The van der Waals surface area contributed by atoms with E-state index in [2.05, 4.69) is 27.5 Å². The summed E-state index contributed by atoms with van der Waals surface area (Å²) in [5, 5.41) is 6.54. The summed E-state index contributed by atoms with van der Waals surface area (Å²) in [7, 11) is 1.62. The van der Waals surface area contributed by atoms with Crippen LogP contribution in [0.5, 0.6) is 11.5 Å². The number of para-hydroxylation sites is 2. The molecule has 3 aromatic rings. The van der Waals surface area contributed by atoms with Crippen LogP contribution in [0.1, 0.15) is 36.3 Å². The van der Waals surface area contributed by atoms with Crippen LogP contribution in [0.25, 0.3) is 0 Å². The number of nitrogens with one attached hydrogen (secondary N) is 2. The van der Waals surface area contributed by atoms with E-state index >= 15 is 0 Å². The minimum absolute atomic E-state index is 0.0611. The van der Waals surface area contributed by atoms with Gasteiger partial charge in [-0.15, -0.1) is 0 Å². The summed E-state index contributed by atoms with van der Waals surface area (Å²) >= 11 is 0. The minimum Gasteiger partial charge on any atom is -0.495 e. The van der Waals surface area contributed by atoms with Crippen LogP contribution in [0.3, 0.4) is 0 Å². The molecule has 160 valence electrons. The van der Waals surface area contributed by atoms with Gasteiger partial charge < -0.3 is 20.1 Å². The average molecular weight is 418 g/mol. The largest absolute Gasteiger partial charge is 0.495 e. The zero-order chi connectivity index (χ0) is 21.8. The standard InChI is InChI=1S/C24H26N4O3/c1-4-31-17-11-9-16(10-12-17)25-23-22-19(13-15(2)14-20(22)29)27-24(28-23)26-18-7-5-6-8-21(18)30-3/h5-12,15H,4,13-14H2,1-3H3,(H2,25,26,27,28). The zero-order valence-corrected chi connectivity index (χ0v) is 17.9. The first kappa shape index (κ1) is 20.7. The first-order chi connectivity index (χ1) is 15.1. The quantitative estimate of drug-likeness (QED) is 0.550. The summed E-state index contributed by atoms with van der Waals surface area (Å²) in [6.45, 7) is 4.62. The number of aromatic nitrogens is 2. The first-order valence-electron chi connectivity index (χ1n) is 10.4. The molecule has 0 amide bonds. The highest BCUT2D eigenvalue weighted by Crippen LogP contribution is 2.33. The molecule has 2 aromatic carbocycles. The number of Topliss-reactive ketones (excluding diaryl/α,β-unsaturated/α-hetero) is 1. The molecule has 0 bridgehead atoms. The molecule has 0 radical (unpaired) electrons. The molecule has 0 spiro atoms. The summed E-state index contributed by atoms with van der Waals surface area (Å²) < 4.78 is 10.9. The topological polar surface area (TPSA) is 85.4 Å². The summed E-state index contributed by atoms with van der Waals surface area (Å²) in [6, 6.07) is 15.2. The number of carbonyl (C=O) groups excluding carboxylic acids is 1. The van der Waals surface area contributed by atoms with Crippen molar-refractivity contribution in [2.75, 3.05) is 24.4 Å². The molecule has 2 N–H and O–H groups in total. The molecule has 0 saturated carbocycles. The van der Waals surface area contributed by atoms with E-state index in [1.807, 2.05) is 55.5 Å². The van der Waals surface area contributed by atoms with Crippen molar-refractivity contribution in [1.29, 1.82) is 0 Å². The number of benzene rings is 2. The van der Waals surface area contributed by atoms with E-state index in [0.29, 0.717) is 36.1 Å². The van der Waals surface area contributed by atoms with Crippen molar-refractivity contribution in [1.82, 2.24) is 9.97 Å². The lowest BCUT2D eigenvalue weighted by molar-refractivity contribution is 0.0952. The van der Waals surface area contributed by atoms with Crippen LogP contribution < -0.4 is 20.1 Å². The Morgan fingerprint density at radius 3 is 2.55 bits per heavy atom. The number of rotatable bonds is 7. The Hall–Kier alpha value is -3.61. The van der Waals surface area contributed by atoms with Gasteiger partial charge in [0, 0.05) is 12.1 Å². The van der Waals surface area contributed by atoms with Gasteiger partial charge in [0.1, 0.15) is 17.3 Å². The van der Waals surface area contributed by atoms with Gasteiger partial charge in [-0.25, -0.2) is 4.98 Å². The van der Waals surface area contributed by atoms with E-state index in [1.165, 1.54) is 0 Å². The van der Waals surface area contributed by atoms with Gasteiger partial charge in [-0.1, -0.05) is 19.1 Å². The van der Waals surface area contributed by atoms with Crippen LogP contribution in [0.4, 0.5) is 23.1 Å². The number of fused-ring (bicyclic) bond motifs is 1. The van der Waals surface area contributed by atoms with Crippen molar-refractivity contribution in [2.45, 2.75) is 26.7 Å². The van der Waals surface area contributed by atoms with Crippen LogP contribution in [0.2, 0.25) is 0 Å². The van der Waals surface area contributed by atoms with E-state index in [4.69, 9.17) is 9.47 Å². The van der Waals surface area contributed by atoms with Gasteiger partial charge in [0.05, 0.1) is 30.7 Å². The fraction of sp³-hybridized carbons (Fsp3) is 0.292. The number of hydrogen-bond donors (Lipinski definition) is 2. The number of anilines is 4. The Bertz CT molecular complexity index is 1080. The number of ether oxygens (including phenoxy) is 2. The average Bonchev–Trinajstić information content (AvgIpc) is 2.75. The molecule has 0 aliphatic heterocycles. The van der Waals surface area contributed by atoms with Gasteiger partial charge in [0.25, 0.3) is 0 Å². The maximum Gasteiger partial charge on any atom is 0.229 e. The summed E-state index contributed by atoms with van der Waals surface area (Å²) in [4.78, 5) is 22.1. The molecule has 1 aromatic heterocycles. The van der Waals surface area contributed by atoms with E-state index in [9.17, 15) is 4.79 Å². The molecule has 1 aliphatic rings. The smallest absolute Gasteiger partial charge is 0.229 e. The number of ketones is 1. The van der Waals surface area contributed by atoms with Crippen LogP contribution in [-0.4, -0.2) is 29.5 Å². The molecule has 1 atom stereocenters. The third-order valence-corrected chi connectivity index (χ3v) is 5.12. The normalized spacial score (nSPS) is 15.2. The van der Waals surface area contributed by atoms with Crippen LogP contribution in [-0.2, 0) is 6.42 Å². The molecule has 0 saturated heterocycles. The van der Waals surface area contributed by atoms with Gasteiger partial charge in [0.15, 0.2) is 5.78 Å². The van der Waals surface area contributed by atoms with Crippen molar-refractivity contribution >= 4 is 28.9 Å². The molecule has 1 heterocycles. The molecular weight excluding hydrogens is 392 g/mol. The van der Waals surface area contributed by atoms with Crippen LogP contribution in [0, 0.1) is 5.92 Å². The molecule has 1 aliphatic carbocycles. The van der Waals surface area contributed by atoms with Gasteiger partial charge >= 0.3 is 0 Å². The Balaban J connectivity index is 1.71. The van der Waals surface area contributed by atoms with E-state index < -0.39 is 0 Å². The molecular formula is C24H26N4O3. The monoisotopic (exact) mass is 418 g/mol. The summed E-state index contributed by atoms with van der Waals surface area (Å²) in [6.07, 6.45) is 1.22. The lowest BCUT2D eigenvalue weighted by atomic mass is 9.87. The Morgan fingerprint density at radius 2 is 1.81 bits per heavy atom. The third kappa shape index (κ3) is 4.60. The highest BCUT2D eigenvalue weighted by molar-refractivity contribution is 6.03. The van der Waals surface area contributed by atoms with Gasteiger partial charge in [-0.05, 0) is 55.7 Å². The maximum atomic E-state index is 12.8. The lowest BCUT2D eigenvalue weighted by Crippen LogP contribution is -2.22. The maximum absolute atomic E-state index is 12.8. The Labute approximate surface area is 181 Å². The SMILES string of the molecule is CCOc1ccc(Nc2nc(Nc3ccccc3OC)nc3c2C(=O)CC(C)C3)cc1. The zero-order valence-electron chi connectivity index (χ0n) is 17.9. The first-order valence-corrected chi connectivity index (χ1v) is 10.4. The van der Waals surface area contributed by atoms with E-state index in [1.54, 1.807) is 7.11 Å². The van der Waals surface area contributed by atoms with Gasteiger partial charge in [0.2, 0.25) is 5.95 Å². The number of methoxy groups -OCH3 is 1. The van der Waals surface area contributed by atoms with Crippen molar-refractivity contribution in [3.8, 4) is 11.5 Å². The number of nitrogens with zero attached hydrogens (tertiary/aromatic N) is 2. The van der Waals surface area contributed by atoms with E-state index in [-0.39, 0.29) is 11.7 Å². The Kier molecular flexibility index (Phi) is 6.02. The molecule has 1 unspecified atom stereocenters. The van der Waals surface area contributed by atoms with Crippen molar-refractivity contribution in [3.63, 3.8) is 0 Å². The molecule has 31 heavy (non-hydrogen) atoms. The van der Waals surface area contributed by atoms with Crippen molar-refractivity contribution in [3.05, 3.63) is 59.8 Å². The molecule has 7 heteroatoms. The fourth-order valence-corrected chi connectivity index (χ4v) is 3.72. The lowest BCUT2D eigenvalue weighted by Gasteiger charge is -2.23. The van der Waals surface area contributed by atoms with Gasteiger partial charge in [-0.2, -0.15) is 4.98 Å². The molecule has 7 nitrogen and oxygen atoms in total. The molecule has 4 rings (SSSR count). The second kappa shape index (κ2) is 9.04. The summed E-state index contributed by atoms with van der Waals surface area (Å²) in [5.41, 5.74) is 2.90. The molecule has 0 fully saturated rings. The fourth-order valence-electron chi connectivity index (χ4n) is 3.72. The highest BCUT2D eigenvalue weighted by Gasteiger charge is 2.28. The highest BCUT2D eigenvalue weighted by atomic mass is 16.5. The van der Waals surface area contributed by atoms with Crippen LogP contribution >= 0.6 is 0 Å². The Morgan fingerprint density at radius 1 is 1.03 bits per heavy atom. The number of carbonyl (C=O) groups is 1. The predicted octanol–water partition coefficient (Wildman–Crippen LogP) is 5.14. The van der Waals surface area contributed by atoms with Crippen molar-refractivity contribution in [2.24, 2.45) is 5.92 Å². The van der Waals surface area contributed by atoms with Gasteiger partial charge in [-0.3, -0.25) is 4.79 Å². The predicted molar refractivity (Wildman–Crippen MR) is 121 cm³/mol. The minimum atomic E-state index is 0.0611. The second-order valence-corrected chi connectivity index (χ2v) is 7.56. The van der Waals surface area contributed by atoms with Crippen LogP contribution in [0.15, 0.2) is 48.5 Å². The summed E-state index contributed by atoms with van der Waals surface area (Å²) in [5.74, 6) is 2.70. The number of hydrogen-bond acceptors (Lipinski definition) is 7. The van der Waals surface area contributed by atoms with Crippen molar-refractivity contribution < 1.29 is 14.3 Å². The third-order valence-electron chi connectivity index (χ3n) is 5.12. The van der Waals surface area contributed by atoms with E-state index in [0.717, 1.165) is 29.2 Å².